The summed E-state index contributed by atoms with van der Waals surface area (Å²) in [6, 6.07) is 0. The highest BCUT2D eigenvalue weighted by molar-refractivity contribution is 5.69. The number of carbonyl (C=O) groups is 1. The third-order valence-corrected chi connectivity index (χ3v) is 3.47. The molecule has 0 aromatic heterocycles. The molecule has 0 amide bonds. The summed E-state index contributed by atoms with van der Waals surface area (Å²) in [7, 11) is 5.05. The van der Waals surface area contributed by atoms with Crippen molar-refractivity contribution in [3.05, 3.63) is 0 Å². The fourth-order valence-corrected chi connectivity index (χ4v) is 1.99. The molecule has 6 nitrogen and oxygen atoms in total. The molecule has 0 aromatic rings. The third-order valence-electron chi connectivity index (χ3n) is 3.47. The molecule has 0 bridgehead atoms. The number of rotatable bonds is 14. The summed E-state index contributed by atoms with van der Waals surface area (Å²) >= 11 is 0. The van der Waals surface area contributed by atoms with Crippen LogP contribution in [0.25, 0.3) is 0 Å². The van der Waals surface area contributed by atoms with E-state index in [4.69, 9.17) is 18.9 Å². The molecule has 0 saturated heterocycles. The van der Waals surface area contributed by atoms with Crippen LogP contribution in [0, 0.1) is 0 Å². The van der Waals surface area contributed by atoms with Crippen molar-refractivity contribution >= 4 is 5.97 Å². The third kappa shape index (κ3) is 11.9. The van der Waals surface area contributed by atoms with Crippen LogP contribution in [0.15, 0.2) is 0 Å². The maximum absolute atomic E-state index is 11.7. The first-order valence-electron chi connectivity index (χ1n) is 7.96. The fourth-order valence-electron chi connectivity index (χ4n) is 1.99. The topological polar surface area (TPSA) is 57.2 Å². The van der Waals surface area contributed by atoms with Crippen molar-refractivity contribution in [1.29, 1.82) is 0 Å². The van der Waals surface area contributed by atoms with Crippen LogP contribution in [0.2, 0.25) is 0 Å². The van der Waals surface area contributed by atoms with Gasteiger partial charge in [0.25, 0.3) is 0 Å². The van der Waals surface area contributed by atoms with Crippen LogP contribution in [0.5, 0.6) is 0 Å². The van der Waals surface area contributed by atoms with E-state index in [2.05, 4.69) is 4.90 Å². The molecule has 0 rings (SSSR count). The van der Waals surface area contributed by atoms with Crippen LogP contribution in [-0.2, 0) is 23.7 Å². The molecule has 0 heterocycles. The molecule has 6 heteroatoms. The van der Waals surface area contributed by atoms with Gasteiger partial charge in [0.05, 0.1) is 25.2 Å². The zero-order chi connectivity index (χ0) is 16.8. The van der Waals surface area contributed by atoms with Gasteiger partial charge in [-0.2, -0.15) is 0 Å². The number of esters is 1. The van der Waals surface area contributed by atoms with E-state index in [0.29, 0.717) is 26.2 Å². The molecular weight excluding hydrogens is 286 g/mol. The molecule has 2 unspecified atom stereocenters. The first kappa shape index (κ1) is 21.3. The summed E-state index contributed by atoms with van der Waals surface area (Å²) < 4.78 is 20.8. The Morgan fingerprint density at radius 1 is 0.955 bits per heavy atom. The van der Waals surface area contributed by atoms with Crippen molar-refractivity contribution in [2.75, 3.05) is 54.2 Å². The standard InChI is InChI=1S/C16H33NO5/c1-14(20-4)12-17(13-15(2)21-5)9-8-16(18)22-11-7-6-10-19-3/h14-15H,6-13H2,1-5H3. The highest BCUT2D eigenvalue weighted by Gasteiger charge is 2.15. The molecule has 2 atom stereocenters. The van der Waals surface area contributed by atoms with Crippen molar-refractivity contribution in [3.8, 4) is 0 Å². The molecule has 0 aliphatic rings. The second kappa shape index (κ2) is 13.9. The number of hydrogen-bond acceptors (Lipinski definition) is 6. The molecule has 0 radical (unpaired) electrons. The first-order valence-corrected chi connectivity index (χ1v) is 7.96. The minimum Gasteiger partial charge on any atom is -0.466 e. The highest BCUT2D eigenvalue weighted by atomic mass is 16.5. The van der Waals surface area contributed by atoms with E-state index in [1.54, 1.807) is 21.3 Å². The maximum atomic E-state index is 11.7. The molecule has 0 aromatic carbocycles. The second-order valence-corrected chi connectivity index (χ2v) is 5.52. The number of ether oxygens (including phenoxy) is 4. The van der Waals surface area contributed by atoms with Gasteiger partial charge < -0.3 is 18.9 Å². The Kier molecular flexibility index (Phi) is 13.5. The van der Waals surface area contributed by atoms with Gasteiger partial charge in [0.1, 0.15) is 0 Å². The number of methoxy groups -OCH3 is 3. The molecule has 0 N–H and O–H groups in total. The molecular formula is C16H33NO5. The predicted octanol–water partition coefficient (Wildman–Crippen LogP) is 1.72. The van der Waals surface area contributed by atoms with Gasteiger partial charge in [0, 0.05) is 47.6 Å². The van der Waals surface area contributed by atoms with Crippen molar-refractivity contribution in [2.24, 2.45) is 0 Å². The minimum atomic E-state index is -0.155. The van der Waals surface area contributed by atoms with Crippen LogP contribution >= 0.6 is 0 Å². The molecule has 0 aliphatic heterocycles. The Bertz CT molecular complexity index is 263. The van der Waals surface area contributed by atoms with Gasteiger partial charge in [-0.25, -0.2) is 0 Å². The van der Waals surface area contributed by atoms with Gasteiger partial charge in [-0.05, 0) is 26.7 Å². The van der Waals surface area contributed by atoms with Gasteiger partial charge in [0.2, 0.25) is 0 Å². The monoisotopic (exact) mass is 319 g/mol. The Balaban J connectivity index is 4.00. The van der Waals surface area contributed by atoms with Gasteiger partial charge >= 0.3 is 5.97 Å². The lowest BCUT2D eigenvalue weighted by Gasteiger charge is -2.27. The molecule has 22 heavy (non-hydrogen) atoms. The smallest absolute Gasteiger partial charge is 0.307 e. The predicted molar refractivity (Wildman–Crippen MR) is 86.1 cm³/mol. The SMILES string of the molecule is COCCCCOC(=O)CCN(CC(C)OC)CC(C)OC. The second-order valence-electron chi connectivity index (χ2n) is 5.52. The van der Waals surface area contributed by atoms with E-state index in [1.807, 2.05) is 13.8 Å². The van der Waals surface area contributed by atoms with Crippen molar-refractivity contribution in [3.63, 3.8) is 0 Å². The fraction of sp³-hybridized carbons (Fsp3) is 0.938. The molecule has 0 fully saturated rings. The zero-order valence-electron chi connectivity index (χ0n) is 14.8. The van der Waals surface area contributed by atoms with Gasteiger partial charge in [-0.1, -0.05) is 0 Å². The van der Waals surface area contributed by atoms with Gasteiger partial charge in [0.15, 0.2) is 0 Å². The number of unbranched alkanes of at least 4 members (excludes halogenated alkanes) is 1. The summed E-state index contributed by atoms with van der Waals surface area (Å²) in [4.78, 5) is 13.9. The van der Waals surface area contributed by atoms with Crippen molar-refractivity contribution in [1.82, 2.24) is 4.90 Å². The normalized spacial score (nSPS) is 14.1. The quantitative estimate of drug-likeness (QED) is 0.359. The van der Waals surface area contributed by atoms with E-state index in [-0.39, 0.29) is 18.2 Å². The van der Waals surface area contributed by atoms with E-state index < -0.39 is 0 Å². The summed E-state index contributed by atoms with van der Waals surface area (Å²) in [6.07, 6.45) is 2.37. The minimum absolute atomic E-state index is 0.120. The highest BCUT2D eigenvalue weighted by Crippen LogP contribution is 2.03. The summed E-state index contributed by atoms with van der Waals surface area (Å²) in [5.74, 6) is -0.155. The van der Waals surface area contributed by atoms with E-state index >= 15 is 0 Å². The molecule has 0 spiro atoms. The molecule has 0 saturated carbocycles. The Labute approximate surface area is 135 Å². The Morgan fingerprint density at radius 3 is 2.00 bits per heavy atom. The van der Waals surface area contributed by atoms with Crippen molar-refractivity contribution < 1.29 is 23.7 Å². The summed E-state index contributed by atoms with van der Waals surface area (Å²) in [6.45, 7) is 7.38. The van der Waals surface area contributed by atoms with Crippen LogP contribution in [0.3, 0.4) is 0 Å². The van der Waals surface area contributed by atoms with Crippen molar-refractivity contribution in [2.45, 2.75) is 45.3 Å². The molecule has 0 aliphatic carbocycles. The Morgan fingerprint density at radius 2 is 1.50 bits per heavy atom. The maximum Gasteiger partial charge on any atom is 0.307 e. The van der Waals surface area contributed by atoms with Crippen LogP contribution in [0.4, 0.5) is 0 Å². The van der Waals surface area contributed by atoms with E-state index in [1.165, 1.54) is 0 Å². The van der Waals surface area contributed by atoms with E-state index in [9.17, 15) is 4.79 Å². The Hall–Kier alpha value is -0.690. The lowest BCUT2D eigenvalue weighted by atomic mass is 10.2. The van der Waals surface area contributed by atoms with E-state index in [0.717, 1.165) is 25.9 Å². The van der Waals surface area contributed by atoms with Gasteiger partial charge in [-0.3, -0.25) is 9.69 Å². The zero-order valence-corrected chi connectivity index (χ0v) is 14.8. The number of nitrogens with zero attached hydrogens (tertiary/aromatic N) is 1. The number of hydrogen-bond donors (Lipinski definition) is 0. The average molecular weight is 319 g/mol. The number of carbonyl (C=O) groups excluding carboxylic acids is 1. The van der Waals surface area contributed by atoms with Crippen LogP contribution < -0.4 is 0 Å². The lowest BCUT2D eigenvalue weighted by Crippen LogP contribution is -2.38. The van der Waals surface area contributed by atoms with Crippen LogP contribution in [0.1, 0.15) is 33.1 Å². The summed E-state index contributed by atoms with van der Waals surface area (Å²) in [5.41, 5.74) is 0. The van der Waals surface area contributed by atoms with Crippen LogP contribution in [-0.4, -0.2) is 77.3 Å². The van der Waals surface area contributed by atoms with Gasteiger partial charge in [-0.15, -0.1) is 0 Å². The largest absolute Gasteiger partial charge is 0.466 e. The molecule has 132 valence electrons. The summed E-state index contributed by atoms with van der Waals surface area (Å²) in [5, 5.41) is 0. The first-order chi connectivity index (χ1) is 10.5. The average Bonchev–Trinajstić information content (AvgIpc) is 2.51. The lowest BCUT2D eigenvalue weighted by molar-refractivity contribution is -0.144.